The fraction of sp³-hybridized carbons (Fsp3) is 0.267. The molecule has 3 rings (SSSR count). The smallest absolute Gasteiger partial charge is 0.145 e. The number of fused-ring (bicyclic) bond motifs is 1. The van der Waals surface area contributed by atoms with Crippen LogP contribution in [0.25, 0.3) is 10.9 Å². The predicted octanol–water partition coefficient (Wildman–Crippen LogP) is 2.44. The van der Waals surface area contributed by atoms with Gasteiger partial charge in [-0.1, -0.05) is 25.1 Å². The number of aromatic amines is 1. The molecular weight excluding hydrogens is 250 g/mol. The van der Waals surface area contributed by atoms with Crippen molar-refractivity contribution in [1.82, 2.24) is 25.5 Å². The molecule has 1 aromatic carbocycles. The molecule has 0 saturated carbocycles. The van der Waals surface area contributed by atoms with E-state index in [2.05, 4.69) is 44.5 Å². The van der Waals surface area contributed by atoms with Gasteiger partial charge in [0.1, 0.15) is 12.2 Å². The molecule has 1 unspecified atom stereocenters. The van der Waals surface area contributed by atoms with Gasteiger partial charge in [0.25, 0.3) is 0 Å². The van der Waals surface area contributed by atoms with Gasteiger partial charge in [0.05, 0.1) is 11.6 Å². The van der Waals surface area contributed by atoms with Crippen LogP contribution in [0.4, 0.5) is 0 Å². The van der Waals surface area contributed by atoms with Crippen molar-refractivity contribution < 1.29 is 0 Å². The van der Waals surface area contributed by atoms with Gasteiger partial charge in [-0.25, -0.2) is 4.98 Å². The molecule has 5 heteroatoms. The van der Waals surface area contributed by atoms with Gasteiger partial charge in [-0.15, -0.1) is 0 Å². The molecule has 102 valence electrons. The summed E-state index contributed by atoms with van der Waals surface area (Å²) in [6.45, 7) is 3.07. The monoisotopic (exact) mass is 267 g/mol. The summed E-state index contributed by atoms with van der Waals surface area (Å²) in [7, 11) is 0. The van der Waals surface area contributed by atoms with Gasteiger partial charge >= 0.3 is 0 Å². The van der Waals surface area contributed by atoms with E-state index in [0.717, 1.165) is 29.7 Å². The lowest BCUT2D eigenvalue weighted by Crippen LogP contribution is -2.24. The van der Waals surface area contributed by atoms with Crippen LogP contribution >= 0.6 is 0 Å². The summed E-state index contributed by atoms with van der Waals surface area (Å²) in [5.41, 5.74) is 2.16. The van der Waals surface area contributed by atoms with E-state index >= 15 is 0 Å². The van der Waals surface area contributed by atoms with E-state index in [4.69, 9.17) is 0 Å². The lowest BCUT2D eigenvalue weighted by atomic mass is 10.0. The quantitative estimate of drug-likeness (QED) is 0.745. The molecule has 2 aromatic heterocycles. The molecule has 0 radical (unpaired) electrons. The topological polar surface area (TPSA) is 66.5 Å². The van der Waals surface area contributed by atoms with Gasteiger partial charge in [0.15, 0.2) is 0 Å². The number of benzene rings is 1. The van der Waals surface area contributed by atoms with Crippen LogP contribution in [0.1, 0.15) is 30.8 Å². The molecule has 5 nitrogen and oxygen atoms in total. The summed E-state index contributed by atoms with van der Waals surface area (Å²) in [4.78, 5) is 8.71. The molecule has 0 fully saturated rings. The van der Waals surface area contributed by atoms with Crippen LogP contribution in [-0.4, -0.2) is 26.7 Å². The normalized spacial score (nSPS) is 12.7. The fourth-order valence-corrected chi connectivity index (χ4v) is 2.38. The van der Waals surface area contributed by atoms with Crippen LogP contribution < -0.4 is 5.32 Å². The number of pyridine rings is 1. The number of nitrogens with one attached hydrogen (secondary N) is 2. The van der Waals surface area contributed by atoms with Crippen molar-refractivity contribution in [3.05, 3.63) is 54.2 Å². The minimum absolute atomic E-state index is 0.00495. The third-order valence-corrected chi connectivity index (χ3v) is 3.30. The Hall–Kier alpha value is -2.27. The zero-order valence-corrected chi connectivity index (χ0v) is 11.4. The summed E-state index contributed by atoms with van der Waals surface area (Å²) < 4.78 is 0. The molecule has 2 N–H and O–H groups in total. The van der Waals surface area contributed by atoms with Crippen LogP contribution in [-0.2, 0) is 0 Å². The van der Waals surface area contributed by atoms with Gasteiger partial charge < -0.3 is 5.32 Å². The Kier molecular flexibility index (Phi) is 3.69. The molecule has 0 aliphatic heterocycles. The summed E-state index contributed by atoms with van der Waals surface area (Å²) in [6, 6.07) is 10.2. The van der Waals surface area contributed by atoms with Crippen molar-refractivity contribution in [2.24, 2.45) is 0 Å². The summed E-state index contributed by atoms with van der Waals surface area (Å²) in [5.74, 6) is 0.829. The predicted molar refractivity (Wildman–Crippen MR) is 78.3 cm³/mol. The second-order valence-electron chi connectivity index (χ2n) is 4.68. The molecule has 0 amide bonds. The Morgan fingerprint density at radius 2 is 2.15 bits per heavy atom. The lowest BCUT2D eigenvalue weighted by Gasteiger charge is -2.18. The lowest BCUT2D eigenvalue weighted by molar-refractivity contribution is 0.576. The number of rotatable bonds is 5. The minimum Gasteiger partial charge on any atom is -0.304 e. The Balaban J connectivity index is 2.09. The molecule has 0 bridgehead atoms. The van der Waals surface area contributed by atoms with Crippen molar-refractivity contribution >= 4 is 10.9 Å². The van der Waals surface area contributed by atoms with Crippen LogP contribution in [0.15, 0.2) is 42.9 Å². The summed E-state index contributed by atoms with van der Waals surface area (Å²) in [5, 5.41) is 11.6. The Morgan fingerprint density at radius 3 is 2.95 bits per heavy atom. The fourth-order valence-electron chi connectivity index (χ4n) is 2.38. The van der Waals surface area contributed by atoms with Gasteiger partial charge in [-0.2, -0.15) is 5.10 Å². The number of aromatic nitrogens is 4. The van der Waals surface area contributed by atoms with Crippen molar-refractivity contribution in [2.75, 3.05) is 6.54 Å². The van der Waals surface area contributed by atoms with Gasteiger partial charge in [0.2, 0.25) is 0 Å². The molecule has 0 spiro atoms. The second-order valence-corrected chi connectivity index (χ2v) is 4.68. The average molecular weight is 267 g/mol. The standard InChI is InChI=1S/C15H17N5/c1-2-8-17-14(15-18-10-19-20-15)12-5-3-7-13-11(12)6-4-9-16-13/h3-7,9-10,14,17H,2,8H2,1H3,(H,18,19,20). The van der Waals surface area contributed by atoms with Crippen LogP contribution in [0, 0.1) is 0 Å². The summed E-state index contributed by atoms with van der Waals surface area (Å²) in [6.07, 6.45) is 4.42. The number of hydrogen-bond donors (Lipinski definition) is 2. The zero-order chi connectivity index (χ0) is 13.8. The highest BCUT2D eigenvalue weighted by Gasteiger charge is 2.18. The highest BCUT2D eigenvalue weighted by atomic mass is 15.2. The zero-order valence-electron chi connectivity index (χ0n) is 11.4. The van der Waals surface area contributed by atoms with Crippen LogP contribution in [0.5, 0.6) is 0 Å². The molecule has 0 aliphatic rings. The third-order valence-electron chi connectivity index (χ3n) is 3.30. The van der Waals surface area contributed by atoms with E-state index in [1.54, 1.807) is 6.33 Å². The molecule has 0 aliphatic carbocycles. The van der Waals surface area contributed by atoms with E-state index in [0.29, 0.717) is 0 Å². The maximum atomic E-state index is 4.41. The molecular formula is C15H17N5. The second kappa shape index (κ2) is 5.79. The Labute approximate surface area is 117 Å². The first-order chi connectivity index (χ1) is 9.90. The SMILES string of the molecule is CCCNC(c1ncn[nH]1)c1cccc2ncccc12. The minimum atomic E-state index is 0.00495. The van der Waals surface area contributed by atoms with E-state index in [-0.39, 0.29) is 6.04 Å². The number of hydrogen-bond acceptors (Lipinski definition) is 4. The van der Waals surface area contributed by atoms with Gasteiger partial charge in [-0.3, -0.25) is 10.1 Å². The Morgan fingerprint density at radius 1 is 1.20 bits per heavy atom. The van der Waals surface area contributed by atoms with E-state index < -0.39 is 0 Å². The van der Waals surface area contributed by atoms with Crippen molar-refractivity contribution in [2.45, 2.75) is 19.4 Å². The first kappa shape index (κ1) is 12.7. The number of nitrogens with zero attached hydrogens (tertiary/aromatic N) is 3. The highest BCUT2D eigenvalue weighted by molar-refractivity contribution is 5.82. The molecule has 2 heterocycles. The maximum absolute atomic E-state index is 4.41. The van der Waals surface area contributed by atoms with Gasteiger partial charge in [-0.05, 0) is 30.7 Å². The van der Waals surface area contributed by atoms with E-state index in [1.807, 2.05) is 24.4 Å². The van der Waals surface area contributed by atoms with Crippen molar-refractivity contribution in [3.63, 3.8) is 0 Å². The van der Waals surface area contributed by atoms with Crippen molar-refractivity contribution in [3.8, 4) is 0 Å². The van der Waals surface area contributed by atoms with Crippen LogP contribution in [0.3, 0.4) is 0 Å². The van der Waals surface area contributed by atoms with Gasteiger partial charge in [0, 0.05) is 11.6 Å². The number of H-pyrrole nitrogens is 1. The van der Waals surface area contributed by atoms with E-state index in [1.165, 1.54) is 5.56 Å². The average Bonchev–Trinajstić information content (AvgIpc) is 3.02. The molecule has 0 saturated heterocycles. The maximum Gasteiger partial charge on any atom is 0.145 e. The summed E-state index contributed by atoms with van der Waals surface area (Å²) >= 11 is 0. The molecule has 3 aromatic rings. The molecule has 1 atom stereocenters. The largest absolute Gasteiger partial charge is 0.304 e. The van der Waals surface area contributed by atoms with Crippen molar-refractivity contribution in [1.29, 1.82) is 0 Å². The highest BCUT2D eigenvalue weighted by Crippen LogP contribution is 2.26. The molecule has 20 heavy (non-hydrogen) atoms. The Bertz CT molecular complexity index is 672. The first-order valence-corrected chi connectivity index (χ1v) is 6.82. The third kappa shape index (κ3) is 2.40. The van der Waals surface area contributed by atoms with Crippen LogP contribution in [0.2, 0.25) is 0 Å². The van der Waals surface area contributed by atoms with E-state index in [9.17, 15) is 0 Å². The first-order valence-electron chi connectivity index (χ1n) is 6.82.